The van der Waals surface area contributed by atoms with Gasteiger partial charge in [0.1, 0.15) is 5.82 Å². The van der Waals surface area contributed by atoms with Crippen molar-refractivity contribution in [1.82, 2.24) is 20.3 Å². The van der Waals surface area contributed by atoms with E-state index in [-0.39, 0.29) is 12.1 Å². The molecule has 0 spiro atoms. The minimum Gasteiger partial charge on any atom is -0.357 e. The van der Waals surface area contributed by atoms with Crippen molar-refractivity contribution < 1.29 is 0 Å². The molecule has 0 aromatic carbocycles. The van der Waals surface area contributed by atoms with Crippen LogP contribution in [0.4, 0.5) is 0 Å². The fraction of sp³-hybridized carbons (Fsp3) is 0.294. The first kappa shape index (κ1) is 14.6. The van der Waals surface area contributed by atoms with Gasteiger partial charge < -0.3 is 5.32 Å². The maximum absolute atomic E-state index is 4.71. The predicted octanol–water partition coefficient (Wildman–Crippen LogP) is 2.52. The van der Waals surface area contributed by atoms with Crippen LogP contribution in [0.5, 0.6) is 0 Å². The Labute approximate surface area is 139 Å². The van der Waals surface area contributed by atoms with Crippen molar-refractivity contribution in [1.29, 1.82) is 0 Å². The van der Waals surface area contributed by atoms with Gasteiger partial charge in [0.15, 0.2) is 6.17 Å². The average molecular weight is 319 g/mol. The molecule has 120 valence electrons. The third-order valence-corrected chi connectivity index (χ3v) is 4.03. The van der Waals surface area contributed by atoms with Crippen LogP contribution in [0.2, 0.25) is 0 Å². The minimum atomic E-state index is -0.237. The van der Waals surface area contributed by atoms with E-state index in [1.165, 1.54) is 0 Å². The molecule has 2 unspecified atom stereocenters. The summed E-state index contributed by atoms with van der Waals surface area (Å²) in [6.45, 7) is 1.40. The minimum absolute atomic E-state index is 0.237. The van der Waals surface area contributed by atoms with Gasteiger partial charge in [0, 0.05) is 24.5 Å². The first-order chi connectivity index (χ1) is 11.9. The highest BCUT2D eigenvalue weighted by Crippen LogP contribution is 2.24. The third-order valence-electron chi connectivity index (χ3n) is 4.03. The largest absolute Gasteiger partial charge is 0.357 e. The number of nitrogens with one attached hydrogen (secondary N) is 1. The smallest absolute Gasteiger partial charge is 0.161 e. The summed E-state index contributed by atoms with van der Waals surface area (Å²) in [7, 11) is 0. The third kappa shape index (κ3) is 3.05. The zero-order valence-corrected chi connectivity index (χ0v) is 13.1. The van der Waals surface area contributed by atoms with Gasteiger partial charge in [0.05, 0.1) is 30.2 Å². The molecule has 2 aromatic rings. The second-order valence-electron chi connectivity index (χ2n) is 5.65. The van der Waals surface area contributed by atoms with Crippen molar-refractivity contribution in [2.75, 3.05) is 13.1 Å². The van der Waals surface area contributed by atoms with Crippen molar-refractivity contribution in [3.63, 3.8) is 0 Å². The maximum Gasteiger partial charge on any atom is 0.161 e. The lowest BCUT2D eigenvalue weighted by Gasteiger charge is -2.21. The standard InChI is InChI=1S/C17H17N7/c1-2-7-18-13(3-1)14-5-8-20-17(23-14)15-6-9-19-16(24-15)12-4-10-21-22-11-12/h1-3,5-9,12,17,23H,4,10-11H2. The Kier molecular flexibility index (Phi) is 4.05. The molecule has 0 aliphatic carbocycles. The number of aromatic nitrogens is 3. The quantitative estimate of drug-likeness (QED) is 0.941. The molecule has 0 amide bonds. The van der Waals surface area contributed by atoms with Crippen molar-refractivity contribution in [3.8, 4) is 0 Å². The van der Waals surface area contributed by atoms with Crippen LogP contribution in [0, 0.1) is 0 Å². The van der Waals surface area contributed by atoms with E-state index in [1.807, 2.05) is 30.3 Å². The van der Waals surface area contributed by atoms with Gasteiger partial charge in [-0.25, -0.2) is 9.97 Å². The number of allylic oxidation sites excluding steroid dienone is 1. The highest BCUT2D eigenvalue weighted by atomic mass is 15.1. The van der Waals surface area contributed by atoms with Gasteiger partial charge in [-0.2, -0.15) is 10.2 Å². The fourth-order valence-electron chi connectivity index (χ4n) is 2.75. The van der Waals surface area contributed by atoms with Crippen LogP contribution in [-0.2, 0) is 0 Å². The molecule has 0 radical (unpaired) electrons. The van der Waals surface area contributed by atoms with Crippen LogP contribution in [0.15, 0.2) is 58.0 Å². The Morgan fingerprint density at radius 1 is 1.04 bits per heavy atom. The van der Waals surface area contributed by atoms with Gasteiger partial charge in [-0.1, -0.05) is 6.07 Å². The summed E-state index contributed by atoms with van der Waals surface area (Å²) in [5.41, 5.74) is 2.66. The van der Waals surface area contributed by atoms with Gasteiger partial charge >= 0.3 is 0 Å². The molecule has 7 nitrogen and oxygen atoms in total. The lowest BCUT2D eigenvalue weighted by Crippen LogP contribution is -2.24. The highest BCUT2D eigenvalue weighted by Gasteiger charge is 2.21. The molecule has 7 heteroatoms. The van der Waals surface area contributed by atoms with E-state index < -0.39 is 0 Å². The molecule has 2 atom stereocenters. The zero-order valence-electron chi connectivity index (χ0n) is 13.1. The lowest BCUT2D eigenvalue weighted by atomic mass is 10.0. The van der Waals surface area contributed by atoms with Gasteiger partial charge in [-0.05, 0) is 30.7 Å². The van der Waals surface area contributed by atoms with Gasteiger partial charge in [-0.15, -0.1) is 0 Å². The number of hydrogen-bond acceptors (Lipinski definition) is 7. The number of hydrogen-bond donors (Lipinski definition) is 1. The Morgan fingerprint density at radius 2 is 2.04 bits per heavy atom. The first-order valence-corrected chi connectivity index (χ1v) is 7.97. The van der Waals surface area contributed by atoms with E-state index >= 15 is 0 Å². The van der Waals surface area contributed by atoms with Crippen molar-refractivity contribution >= 4 is 11.9 Å². The monoisotopic (exact) mass is 319 g/mol. The number of azo groups is 1. The normalized spacial score (nSPS) is 22.8. The van der Waals surface area contributed by atoms with E-state index in [0.717, 1.165) is 35.9 Å². The molecule has 2 aliphatic heterocycles. The van der Waals surface area contributed by atoms with Crippen LogP contribution < -0.4 is 5.32 Å². The number of aliphatic imine (C=N–C) groups is 1. The summed E-state index contributed by atoms with van der Waals surface area (Å²) in [5.74, 6) is 1.05. The second-order valence-corrected chi connectivity index (χ2v) is 5.65. The molecule has 0 fully saturated rings. The molecule has 0 bridgehead atoms. The van der Waals surface area contributed by atoms with Gasteiger partial charge in [0.2, 0.25) is 0 Å². The molecule has 2 aromatic heterocycles. The summed E-state index contributed by atoms with van der Waals surface area (Å²) in [6.07, 6.45) is 7.98. The Balaban J connectivity index is 1.55. The van der Waals surface area contributed by atoms with Gasteiger partial charge in [0.25, 0.3) is 0 Å². The molecule has 0 saturated heterocycles. The SMILES string of the molecule is C1=NC(c2ccnc(C3CCN=NC3)n2)NC(c2ccccn2)=C1. The first-order valence-electron chi connectivity index (χ1n) is 7.97. The van der Waals surface area contributed by atoms with Crippen LogP contribution in [-0.4, -0.2) is 34.3 Å². The number of nitrogens with zero attached hydrogens (tertiary/aromatic N) is 6. The number of pyridine rings is 1. The molecule has 2 aliphatic rings. The van der Waals surface area contributed by atoms with Crippen molar-refractivity contribution in [2.24, 2.45) is 15.2 Å². The second kappa shape index (κ2) is 6.66. The molecule has 4 heterocycles. The van der Waals surface area contributed by atoms with E-state index in [2.05, 4.69) is 30.5 Å². The average Bonchev–Trinajstić information content (AvgIpc) is 2.70. The maximum atomic E-state index is 4.71. The van der Waals surface area contributed by atoms with Crippen LogP contribution >= 0.6 is 0 Å². The molecule has 1 N–H and O–H groups in total. The summed E-state index contributed by atoms with van der Waals surface area (Å²) >= 11 is 0. The number of rotatable bonds is 3. The Bertz CT molecular complexity index is 798. The molecular formula is C17H17N7. The van der Waals surface area contributed by atoms with E-state index in [4.69, 9.17) is 4.98 Å². The highest BCUT2D eigenvalue weighted by molar-refractivity contribution is 5.84. The summed E-state index contributed by atoms with van der Waals surface area (Å²) in [6, 6.07) is 7.72. The molecular weight excluding hydrogens is 302 g/mol. The van der Waals surface area contributed by atoms with Crippen LogP contribution in [0.1, 0.15) is 35.7 Å². The van der Waals surface area contributed by atoms with E-state index in [1.54, 1.807) is 18.6 Å². The zero-order chi connectivity index (χ0) is 16.2. The van der Waals surface area contributed by atoms with Crippen LogP contribution in [0.25, 0.3) is 5.70 Å². The van der Waals surface area contributed by atoms with Crippen molar-refractivity contribution in [3.05, 3.63) is 59.9 Å². The summed E-state index contributed by atoms with van der Waals surface area (Å²) < 4.78 is 0. The fourth-order valence-corrected chi connectivity index (χ4v) is 2.75. The lowest BCUT2D eigenvalue weighted by molar-refractivity contribution is 0.533. The van der Waals surface area contributed by atoms with E-state index in [9.17, 15) is 0 Å². The Hall–Kier alpha value is -2.96. The summed E-state index contributed by atoms with van der Waals surface area (Å²) in [4.78, 5) is 18.0. The molecule has 0 saturated carbocycles. The van der Waals surface area contributed by atoms with Crippen molar-refractivity contribution in [2.45, 2.75) is 18.5 Å². The Morgan fingerprint density at radius 3 is 2.88 bits per heavy atom. The topological polar surface area (TPSA) is 87.8 Å². The summed E-state index contributed by atoms with van der Waals surface area (Å²) in [5, 5.41) is 11.5. The van der Waals surface area contributed by atoms with Crippen LogP contribution in [0.3, 0.4) is 0 Å². The van der Waals surface area contributed by atoms with Gasteiger partial charge in [-0.3, -0.25) is 9.98 Å². The van der Waals surface area contributed by atoms with E-state index in [0.29, 0.717) is 6.54 Å². The molecule has 24 heavy (non-hydrogen) atoms. The molecule has 4 rings (SSSR count). The predicted molar refractivity (Wildman–Crippen MR) is 90.6 cm³/mol.